The van der Waals surface area contributed by atoms with Gasteiger partial charge in [0.25, 0.3) is 0 Å². The van der Waals surface area contributed by atoms with Gasteiger partial charge in [-0.15, -0.1) is 23.2 Å². The molecule has 0 aliphatic heterocycles. The molecule has 0 saturated heterocycles. The Kier molecular flexibility index (Phi) is 18.8. The van der Waals surface area contributed by atoms with Crippen molar-refractivity contribution in [2.45, 2.75) is 102 Å². The van der Waals surface area contributed by atoms with Crippen LogP contribution in [0.15, 0.2) is 12.2 Å². The van der Waals surface area contributed by atoms with Gasteiger partial charge in [0.1, 0.15) is 10.9 Å². The second kappa shape index (κ2) is 19.0. The second-order valence-electron chi connectivity index (χ2n) is 6.82. The highest BCUT2D eigenvalue weighted by Crippen LogP contribution is 2.13. The van der Waals surface area contributed by atoms with E-state index < -0.39 is 23.0 Å². The maximum Gasteiger partial charge on any atom is 0.309 e. The van der Waals surface area contributed by atoms with Gasteiger partial charge in [0.05, 0.1) is 13.0 Å². The quantitative estimate of drug-likeness (QED) is 0.127. The fourth-order valence-electron chi connectivity index (χ4n) is 2.71. The Morgan fingerprint density at radius 3 is 2.15 bits per heavy atom. The molecule has 0 aliphatic carbocycles. The number of carbonyl (C=O) groups is 1. The van der Waals surface area contributed by atoms with Crippen molar-refractivity contribution in [3.8, 4) is 0 Å². The number of aliphatic hydroxyl groups excluding tert-OH is 1. The van der Waals surface area contributed by atoms with Crippen LogP contribution in [-0.2, 0) is 14.3 Å². The third kappa shape index (κ3) is 17.5. The van der Waals surface area contributed by atoms with Gasteiger partial charge in [0.15, 0.2) is 6.10 Å². The lowest BCUT2D eigenvalue weighted by atomic mass is 10.1. The minimum Gasteiger partial charge on any atom is -0.457 e. The number of rotatable bonds is 18. The molecular formula is C21H38Cl2O4. The lowest BCUT2D eigenvalue weighted by Gasteiger charge is -2.21. The van der Waals surface area contributed by atoms with E-state index in [0.29, 0.717) is 6.61 Å². The van der Waals surface area contributed by atoms with Gasteiger partial charge in [-0.3, -0.25) is 4.79 Å². The molecular weight excluding hydrogens is 387 g/mol. The number of esters is 1. The summed E-state index contributed by atoms with van der Waals surface area (Å²) in [7, 11) is 0. The van der Waals surface area contributed by atoms with Crippen LogP contribution in [0.3, 0.4) is 0 Å². The number of allylic oxidation sites excluding steroid dienone is 1. The van der Waals surface area contributed by atoms with Gasteiger partial charge in [-0.2, -0.15) is 0 Å². The number of hydrogen-bond donors (Lipinski definition) is 1. The molecule has 0 heterocycles. The van der Waals surface area contributed by atoms with Crippen molar-refractivity contribution in [3.63, 3.8) is 0 Å². The second-order valence-corrected chi connectivity index (χ2v) is 8.10. The molecule has 0 bridgehead atoms. The summed E-state index contributed by atoms with van der Waals surface area (Å²) in [6.07, 6.45) is 14.4. The summed E-state index contributed by atoms with van der Waals surface area (Å²) in [5.74, 6) is -0.541. The molecule has 27 heavy (non-hydrogen) atoms. The standard InChI is InChI=1S/C21H38Cl2O4/c1-3-5-6-7-8-9-10-11-12-13-14-15-18(24)19(17-26-4-2)27-21(25)16-20(22)23/h14-15,18-20,24H,3-13,16-17H2,1-2H3/b15-14+. The Morgan fingerprint density at radius 1 is 1.00 bits per heavy atom. The van der Waals surface area contributed by atoms with Crippen molar-refractivity contribution < 1.29 is 19.4 Å². The number of carbonyl (C=O) groups excluding carboxylic acids is 1. The average molecular weight is 425 g/mol. The van der Waals surface area contributed by atoms with Crippen molar-refractivity contribution in [1.29, 1.82) is 0 Å². The smallest absolute Gasteiger partial charge is 0.309 e. The molecule has 0 fully saturated rings. The highest BCUT2D eigenvalue weighted by molar-refractivity contribution is 6.45. The molecule has 0 radical (unpaired) electrons. The van der Waals surface area contributed by atoms with Gasteiger partial charge in [-0.25, -0.2) is 0 Å². The average Bonchev–Trinajstić information content (AvgIpc) is 2.62. The number of alkyl halides is 2. The van der Waals surface area contributed by atoms with E-state index in [2.05, 4.69) is 6.92 Å². The summed E-state index contributed by atoms with van der Waals surface area (Å²) < 4.78 is 10.5. The Balaban J connectivity index is 3.98. The zero-order chi connectivity index (χ0) is 20.3. The first-order valence-corrected chi connectivity index (χ1v) is 11.3. The lowest BCUT2D eigenvalue weighted by molar-refractivity contribution is -0.157. The molecule has 0 saturated carbocycles. The predicted octanol–water partition coefficient (Wildman–Crippen LogP) is 5.97. The number of ether oxygens (including phenoxy) is 2. The van der Waals surface area contributed by atoms with Gasteiger partial charge in [0.2, 0.25) is 0 Å². The molecule has 0 aromatic heterocycles. The summed E-state index contributed by atoms with van der Waals surface area (Å²) in [6.45, 7) is 4.71. The van der Waals surface area contributed by atoms with Gasteiger partial charge in [0, 0.05) is 6.61 Å². The van der Waals surface area contributed by atoms with Crippen LogP contribution < -0.4 is 0 Å². The molecule has 0 aromatic carbocycles. The summed E-state index contributed by atoms with van der Waals surface area (Å²) in [5, 5.41) is 10.3. The number of hydrogen-bond acceptors (Lipinski definition) is 4. The van der Waals surface area contributed by atoms with E-state index in [-0.39, 0.29) is 13.0 Å². The monoisotopic (exact) mass is 424 g/mol. The van der Waals surface area contributed by atoms with E-state index >= 15 is 0 Å². The largest absolute Gasteiger partial charge is 0.457 e. The van der Waals surface area contributed by atoms with E-state index in [9.17, 15) is 9.90 Å². The zero-order valence-corrected chi connectivity index (χ0v) is 18.5. The summed E-state index contributed by atoms with van der Waals surface area (Å²) in [6, 6.07) is 0. The van der Waals surface area contributed by atoms with Crippen LogP contribution in [0.4, 0.5) is 0 Å². The van der Waals surface area contributed by atoms with Crippen molar-refractivity contribution in [1.82, 2.24) is 0 Å². The van der Waals surface area contributed by atoms with E-state index in [0.717, 1.165) is 12.8 Å². The number of aliphatic hydroxyl groups is 1. The molecule has 0 rings (SSSR count). The highest BCUT2D eigenvalue weighted by atomic mass is 35.5. The van der Waals surface area contributed by atoms with Crippen LogP contribution in [0.5, 0.6) is 0 Å². The van der Waals surface area contributed by atoms with Gasteiger partial charge < -0.3 is 14.6 Å². The van der Waals surface area contributed by atoms with E-state index in [1.807, 2.05) is 13.0 Å². The number of unbranched alkanes of at least 4 members (excludes halogenated alkanes) is 9. The van der Waals surface area contributed by atoms with E-state index in [4.69, 9.17) is 32.7 Å². The van der Waals surface area contributed by atoms with Crippen molar-refractivity contribution in [3.05, 3.63) is 12.2 Å². The van der Waals surface area contributed by atoms with Gasteiger partial charge >= 0.3 is 5.97 Å². The Hall–Kier alpha value is -0.290. The highest BCUT2D eigenvalue weighted by Gasteiger charge is 2.22. The molecule has 2 unspecified atom stereocenters. The van der Waals surface area contributed by atoms with Crippen LogP contribution in [0, 0.1) is 0 Å². The normalized spacial score (nSPS) is 14.0. The fraction of sp³-hybridized carbons (Fsp3) is 0.857. The minimum absolute atomic E-state index is 0.111. The minimum atomic E-state index is -0.900. The maximum absolute atomic E-state index is 11.7. The fourth-order valence-corrected chi connectivity index (χ4v) is 2.96. The summed E-state index contributed by atoms with van der Waals surface area (Å²) in [5.41, 5.74) is 0. The zero-order valence-electron chi connectivity index (χ0n) is 17.0. The molecule has 0 aromatic rings. The molecule has 0 amide bonds. The van der Waals surface area contributed by atoms with Gasteiger partial charge in [-0.1, -0.05) is 70.4 Å². The van der Waals surface area contributed by atoms with Crippen LogP contribution in [0.25, 0.3) is 0 Å². The number of halogens is 2. The Morgan fingerprint density at radius 2 is 1.59 bits per heavy atom. The van der Waals surface area contributed by atoms with Gasteiger partial charge in [-0.05, 0) is 19.8 Å². The molecule has 4 nitrogen and oxygen atoms in total. The first kappa shape index (κ1) is 26.7. The molecule has 160 valence electrons. The van der Waals surface area contributed by atoms with Crippen LogP contribution >= 0.6 is 23.2 Å². The molecule has 0 spiro atoms. The molecule has 6 heteroatoms. The van der Waals surface area contributed by atoms with Crippen molar-refractivity contribution >= 4 is 29.2 Å². The molecule has 0 aliphatic rings. The Bertz CT molecular complexity index is 375. The van der Waals surface area contributed by atoms with E-state index in [1.54, 1.807) is 6.08 Å². The predicted molar refractivity (Wildman–Crippen MR) is 113 cm³/mol. The van der Waals surface area contributed by atoms with Crippen LogP contribution in [0.2, 0.25) is 0 Å². The molecule has 1 N–H and O–H groups in total. The lowest BCUT2D eigenvalue weighted by Crippen LogP contribution is -2.34. The van der Waals surface area contributed by atoms with Crippen molar-refractivity contribution in [2.75, 3.05) is 13.2 Å². The maximum atomic E-state index is 11.7. The Labute approximate surface area is 175 Å². The van der Waals surface area contributed by atoms with Crippen molar-refractivity contribution in [2.24, 2.45) is 0 Å². The first-order chi connectivity index (χ1) is 13.0. The third-order valence-electron chi connectivity index (χ3n) is 4.28. The van der Waals surface area contributed by atoms with Crippen LogP contribution in [0.1, 0.15) is 84.5 Å². The van der Waals surface area contributed by atoms with Crippen LogP contribution in [-0.4, -0.2) is 41.3 Å². The molecule has 2 atom stereocenters. The topological polar surface area (TPSA) is 55.8 Å². The van der Waals surface area contributed by atoms with E-state index in [1.165, 1.54) is 51.4 Å². The summed E-state index contributed by atoms with van der Waals surface area (Å²) >= 11 is 11.2. The SMILES string of the molecule is CCCCCCCCCCC/C=C/C(O)C(COCC)OC(=O)CC(Cl)Cl. The third-order valence-corrected chi connectivity index (χ3v) is 4.59. The first-order valence-electron chi connectivity index (χ1n) is 10.4. The summed E-state index contributed by atoms with van der Waals surface area (Å²) in [4.78, 5) is 10.9.